The summed E-state index contributed by atoms with van der Waals surface area (Å²) in [6, 6.07) is 13.0. The molecule has 0 atom stereocenters. The van der Waals surface area contributed by atoms with Crippen LogP contribution in [0.25, 0.3) is 0 Å². The van der Waals surface area contributed by atoms with Crippen LogP contribution in [0.15, 0.2) is 48.5 Å². The quantitative estimate of drug-likeness (QED) is 0.285. The van der Waals surface area contributed by atoms with Crippen molar-refractivity contribution in [1.82, 2.24) is 0 Å². The smallest absolute Gasteiger partial charge is 0.338 e. The number of rotatable bonds is 7. The summed E-state index contributed by atoms with van der Waals surface area (Å²) in [6.45, 7) is 5.02. The highest BCUT2D eigenvalue weighted by atomic mass is 35.6. The lowest BCUT2D eigenvalue weighted by molar-refractivity contribution is -0.142. The molecule has 0 saturated carbocycles. The standard InChI is InChI=1S/C23H23Cl3O6/c1-22(2,3)32-21(29)17-9-7-15(8-10-17)13-30-20(28)18-6-4-5-16(11-18)12-19(27)31-14-23(24,25)26/h4-11H,12-14H2,1-3H3. The van der Waals surface area contributed by atoms with Gasteiger partial charge in [-0.2, -0.15) is 0 Å². The van der Waals surface area contributed by atoms with Gasteiger partial charge in [0.2, 0.25) is 3.79 Å². The molecule has 172 valence electrons. The predicted octanol–water partition coefficient (Wildman–Crippen LogP) is 5.45. The molecule has 0 aromatic heterocycles. The lowest BCUT2D eigenvalue weighted by atomic mass is 10.1. The average Bonchev–Trinajstić information content (AvgIpc) is 2.69. The molecule has 9 heteroatoms. The minimum atomic E-state index is -1.69. The SMILES string of the molecule is CC(C)(C)OC(=O)c1ccc(COC(=O)c2cccc(CC(=O)OCC(Cl)(Cl)Cl)c2)cc1. The molecule has 0 N–H and O–H groups in total. The van der Waals surface area contributed by atoms with Gasteiger partial charge >= 0.3 is 17.9 Å². The van der Waals surface area contributed by atoms with Gasteiger partial charge in [-0.15, -0.1) is 0 Å². The molecule has 2 rings (SSSR count). The van der Waals surface area contributed by atoms with Gasteiger partial charge < -0.3 is 14.2 Å². The van der Waals surface area contributed by atoms with Gasteiger partial charge in [0.05, 0.1) is 17.5 Å². The molecule has 0 amide bonds. The molecule has 0 aliphatic rings. The Morgan fingerprint density at radius 3 is 2.06 bits per heavy atom. The van der Waals surface area contributed by atoms with Crippen LogP contribution in [-0.4, -0.2) is 33.9 Å². The first kappa shape index (κ1) is 26.0. The van der Waals surface area contributed by atoms with E-state index in [2.05, 4.69) is 0 Å². The van der Waals surface area contributed by atoms with E-state index in [4.69, 9.17) is 49.0 Å². The zero-order valence-electron chi connectivity index (χ0n) is 17.8. The number of ether oxygens (including phenoxy) is 3. The van der Waals surface area contributed by atoms with Crippen LogP contribution >= 0.6 is 34.8 Å². The molecule has 6 nitrogen and oxygen atoms in total. The number of carbonyl (C=O) groups is 3. The number of hydrogen-bond donors (Lipinski definition) is 0. The molecule has 0 heterocycles. The van der Waals surface area contributed by atoms with E-state index < -0.39 is 27.3 Å². The molecule has 2 aromatic rings. The van der Waals surface area contributed by atoms with Crippen LogP contribution in [-0.2, 0) is 32.0 Å². The van der Waals surface area contributed by atoms with Crippen molar-refractivity contribution in [1.29, 1.82) is 0 Å². The van der Waals surface area contributed by atoms with Crippen molar-refractivity contribution in [3.63, 3.8) is 0 Å². The third kappa shape index (κ3) is 9.47. The summed E-state index contributed by atoms with van der Waals surface area (Å²) in [5.41, 5.74) is 1.36. The first-order chi connectivity index (χ1) is 14.8. The highest BCUT2D eigenvalue weighted by Gasteiger charge is 2.22. The first-order valence-electron chi connectivity index (χ1n) is 9.63. The van der Waals surface area contributed by atoms with Crippen LogP contribution in [0.2, 0.25) is 0 Å². The van der Waals surface area contributed by atoms with Crippen molar-refractivity contribution >= 4 is 52.7 Å². The maximum Gasteiger partial charge on any atom is 0.338 e. The summed E-state index contributed by atoms with van der Waals surface area (Å²) < 4.78 is 13.8. The second kappa shape index (κ2) is 11.0. The summed E-state index contributed by atoms with van der Waals surface area (Å²) in [4.78, 5) is 36.3. The van der Waals surface area contributed by atoms with Crippen molar-refractivity contribution in [2.45, 2.75) is 43.2 Å². The highest BCUT2D eigenvalue weighted by molar-refractivity contribution is 6.67. The minimum absolute atomic E-state index is 0.0168. The summed E-state index contributed by atoms with van der Waals surface area (Å²) in [6.07, 6.45) is -0.0893. The molecule has 0 unspecified atom stereocenters. The molecule has 0 bridgehead atoms. The van der Waals surface area contributed by atoms with E-state index in [0.717, 1.165) is 0 Å². The van der Waals surface area contributed by atoms with Crippen LogP contribution < -0.4 is 0 Å². The third-order valence-electron chi connectivity index (χ3n) is 3.87. The zero-order chi connectivity index (χ0) is 23.9. The first-order valence-corrected chi connectivity index (χ1v) is 10.8. The van der Waals surface area contributed by atoms with Gasteiger partial charge in [0, 0.05) is 0 Å². The van der Waals surface area contributed by atoms with Gasteiger partial charge in [-0.05, 0) is 56.2 Å². The summed E-state index contributed by atoms with van der Waals surface area (Å²) in [7, 11) is 0. The molecule has 32 heavy (non-hydrogen) atoms. The average molecular weight is 502 g/mol. The van der Waals surface area contributed by atoms with Gasteiger partial charge in [0.1, 0.15) is 18.8 Å². The molecule has 0 saturated heterocycles. The van der Waals surface area contributed by atoms with E-state index in [0.29, 0.717) is 16.7 Å². The Morgan fingerprint density at radius 2 is 1.47 bits per heavy atom. The van der Waals surface area contributed by atoms with Crippen LogP contribution in [0.3, 0.4) is 0 Å². The molecule has 0 spiro atoms. The lowest BCUT2D eigenvalue weighted by Crippen LogP contribution is -2.23. The monoisotopic (exact) mass is 500 g/mol. The summed E-state index contributed by atoms with van der Waals surface area (Å²) in [5, 5.41) is 0. The van der Waals surface area contributed by atoms with E-state index >= 15 is 0 Å². The fourth-order valence-corrected chi connectivity index (χ4v) is 2.66. The fraction of sp³-hybridized carbons (Fsp3) is 0.348. The van der Waals surface area contributed by atoms with Crippen LogP contribution in [0.1, 0.15) is 52.6 Å². The fourth-order valence-electron chi connectivity index (χ4n) is 2.49. The molecule has 2 aromatic carbocycles. The largest absolute Gasteiger partial charge is 0.461 e. The van der Waals surface area contributed by atoms with Crippen molar-refractivity contribution in [2.75, 3.05) is 6.61 Å². The van der Waals surface area contributed by atoms with E-state index in [9.17, 15) is 14.4 Å². The Bertz CT molecular complexity index is 959. The lowest BCUT2D eigenvalue weighted by Gasteiger charge is -2.19. The van der Waals surface area contributed by atoms with E-state index in [1.807, 2.05) is 0 Å². The minimum Gasteiger partial charge on any atom is -0.461 e. The highest BCUT2D eigenvalue weighted by Crippen LogP contribution is 2.26. The maximum absolute atomic E-state index is 12.4. The van der Waals surface area contributed by atoms with E-state index in [-0.39, 0.29) is 25.2 Å². The number of carbonyl (C=O) groups excluding carboxylic acids is 3. The molecule has 0 fully saturated rings. The topological polar surface area (TPSA) is 78.9 Å². The second-order valence-electron chi connectivity index (χ2n) is 7.93. The number of hydrogen-bond acceptors (Lipinski definition) is 6. The predicted molar refractivity (Wildman–Crippen MR) is 122 cm³/mol. The van der Waals surface area contributed by atoms with Crippen LogP contribution in [0.4, 0.5) is 0 Å². The van der Waals surface area contributed by atoms with Crippen molar-refractivity contribution in [2.24, 2.45) is 0 Å². The van der Waals surface area contributed by atoms with Gasteiger partial charge in [0.25, 0.3) is 0 Å². The zero-order valence-corrected chi connectivity index (χ0v) is 20.1. The number of esters is 3. The Morgan fingerprint density at radius 1 is 0.812 bits per heavy atom. The molecular weight excluding hydrogens is 479 g/mol. The van der Waals surface area contributed by atoms with Crippen LogP contribution in [0.5, 0.6) is 0 Å². The summed E-state index contributed by atoms with van der Waals surface area (Å²) >= 11 is 16.7. The van der Waals surface area contributed by atoms with Gasteiger partial charge in [-0.1, -0.05) is 59.1 Å². The third-order valence-corrected chi connectivity index (χ3v) is 4.19. The number of halogens is 3. The van der Waals surface area contributed by atoms with Crippen molar-refractivity contribution in [3.05, 3.63) is 70.8 Å². The van der Waals surface area contributed by atoms with Crippen LogP contribution in [0, 0.1) is 0 Å². The number of benzene rings is 2. The van der Waals surface area contributed by atoms with Gasteiger partial charge in [-0.3, -0.25) is 4.79 Å². The Labute approximate surface area is 201 Å². The van der Waals surface area contributed by atoms with Crippen molar-refractivity contribution in [3.8, 4) is 0 Å². The molecule has 0 aliphatic heterocycles. The van der Waals surface area contributed by atoms with E-state index in [1.165, 1.54) is 6.07 Å². The molecule has 0 radical (unpaired) electrons. The van der Waals surface area contributed by atoms with Gasteiger partial charge in [-0.25, -0.2) is 9.59 Å². The number of alkyl halides is 3. The Balaban J connectivity index is 1.91. The van der Waals surface area contributed by atoms with Crippen molar-refractivity contribution < 1.29 is 28.6 Å². The maximum atomic E-state index is 12.4. The Hall–Kier alpha value is -2.28. The molecular formula is C23H23Cl3O6. The molecule has 0 aliphatic carbocycles. The van der Waals surface area contributed by atoms with E-state index in [1.54, 1.807) is 63.2 Å². The normalized spacial score (nSPS) is 11.6. The second-order valence-corrected chi connectivity index (χ2v) is 10.4. The summed E-state index contributed by atoms with van der Waals surface area (Å²) in [5.74, 6) is -1.57. The Kier molecular flexibility index (Phi) is 8.96. The van der Waals surface area contributed by atoms with Gasteiger partial charge in [0.15, 0.2) is 0 Å².